The van der Waals surface area contributed by atoms with Crippen molar-refractivity contribution >= 4 is 5.82 Å². The molecule has 0 spiro atoms. The van der Waals surface area contributed by atoms with Gasteiger partial charge in [0.15, 0.2) is 5.82 Å². The molecule has 2 heterocycles. The highest BCUT2D eigenvalue weighted by Crippen LogP contribution is 2.07. The average Bonchev–Trinajstić information content (AvgIpc) is 2.41. The molecule has 0 bridgehead atoms. The number of hydrogen-bond donors (Lipinski definition) is 1. The Morgan fingerprint density at radius 3 is 2.85 bits per heavy atom. The minimum Gasteiger partial charge on any atom is -0.370 e. The molecule has 2 rings (SSSR count). The lowest BCUT2D eigenvalue weighted by Gasteiger charge is -2.09. The molecule has 20 heavy (non-hydrogen) atoms. The molecule has 0 aliphatic rings. The summed E-state index contributed by atoms with van der Waals surface area (Å²) < 4.78 is 1.63. The summed E-state index contributed by atoms with van der Waals surface area (Å²) in [7, 11) is 0. The molecule has 0 atom stereocenters. The first-order valence-corrected chi connectivity index (χ1v) is 6.84. The zero-order chi connectivity index (χ0) is 14.5. The molecule has 0 aliphatic heterocycles. The summed E-state index contributed by atoms with van der Waals surface area (Å²) in [4.78, 5) is 20.9. The van der Waals surface area contributed by atoms with E-state index < -0.39 is 0 Å². The maximum absolute atomic E-state index is 12.0. The predicted molar refractivity (Wildman–Crippen MR) is 80.1 cm³/mol. The van der Waals surface area contributed by atoms with Gasteiger partial charge in [-0.3, -0.25) is 4.79 Å². The molecular weight excluding hydrogens is 252 g/mol. The first-order chi connectivity index (χ1) is 9.60. The molecular formula is C15H20N4O. The lowest BCUT2D eigenvalue weighted by Crippen LogP contribution is -2.23. The van der Waals surface area contributed by atoms with Gasteiger partial charge >= 0.3 is 0 Å². The second-order valence-corrected chi connectivity index (χ2v) is 4.86. The van der Waals surface area contributed by atoms with Gasteiger partial charge in [-0.05, 0) is 26.3 Å². The summed E-state index contributed by atoms with van der Waals surface area (Å²) in [5, 5.41) is 3.25. The van der Waals surface area contributed by atoms with Crippen LogP contribution in [0.5, 0.6) is 0 Å². The summed E-state index contributed by atoms with van der Waals surface area (Å²) in [6.45, 7) is 7.11. The summed E-state index contributed by atoms with van der Waals surface area (Å²) >= 11 is 0. The molecule has 0 amide bonds. The summed E-state index contributed by atoms with van der Waals surface area (Å²) in [6.07, 6.45) is 2.80. The number of anilines is 1. The van der Waals surface area contributed by atoms with E-state index in [1.54, 1.807) is 10.8 Å². The van der Waals surface area contributed by atoms with Gasteiger partial charge in [0.2, 0.25) is 0 Å². The molecule has 0 aromatic carbocycles. The average molecular weight is 272 g/mol. The molecule has 0 aliphatic carbocycles. The van der Waals surface area contributed by atoms with Crippen molar-refractivity contribution in [3.63, 3.8) is 0 Å². The fourth-order valence-corrected chi connectivity index (χ4v) is 1.98. The van der Waals surface area contributed by atoms with Crippen LogP contribution in [0.1, 0.15) is 30.4 Å². The smallest absolute Gasteiger partial charge is 0.253 e. The normalized spacial score (nSPS) is 10.6. The Hall–Kier alpha value is -2.17. The van der Waals surface area contributed by atoms with Crippen LogP contribution in [0.2, 0.25) is 0 Å². The van der Waals surface area contributed by atoms with E-state index in [9.17, 15) is 4.79 Å². The van der Waals surface area contributed by atoms with E-state index in [1.807, 2.05) is 32.0 Å². The topological polar surface area (TPSA) is 59.8 Å². The van der Waals surface area contributed by atoms with Crippen LogP contribution < -0.4 is 10.9 Å². The zero-order valence-electron chi connectivity index (χ0n) is 12.2. The Morgan fingerprint density at radius 2 is 2.10 bits per heavy atom. The second kappa shape index (κ2) is 6.32. The van der Waals surface area contributed by atoms with Crippen molar-refractivity contribution in [2.45, 2.75) is 33.7 Å². The van der Waals surface area contributed by atoms with E-state index in [-0.39, 0.29) is 5.56 Å². The van der Waals surface area contributed by atoms with E-state index in [0.29, 0.717) is 12.4 Å². The van der Waals surface area contributed by atoms with Gasteiger partial charge in [0, 0.05) is 30.1 Å². The SMILES string of the molecule is CCCNc1cc(C)nc(Cn2cccc(C)c2=O)n1. The number of aryl methyl sites for hydroxylation is 2. The van der Waals surface area contributed by atoms with Crippen molar-refractivity contribution in [3.05, 3.63) is 51.8 Å². The Morgan fingerprint density at radius 1 is 1.30 bits per heavy atom. The largest absolute Gasteiger partial charge is 0.370 e. The third-order valence-corrected chi connectivity index (χ3v) is 2.98. The quantitative estimate of drug-likeness (QED) is 0.905. The molecule has 2 aromatic rings. The molecule has 106 valence electrons. The Balaban J connectivity index is 2.26. The maximum Gasteiger partial charge on any atom is 0.253 e. The molecule has 5 heteroatoms. The minimum atomic E-state index is 0.000624. The first-order valence-electron chi connectivity index (χ1n) is 6.84. The van der Waals surface area contributed by atoms with Gasteiger partial charge in [0.25, 0.3) is 5.56 Å². The first kappa shape index (κ1) is 14.2. The highest BCUT2D eigenvalue weighted by atomic mass is 16.1. The fourth-order valence-electron chi connectivity index (χ4n) is 1.98. The van der Waals surface area contributed by atoms with E-state index in [4.69, 9.17) is 0 Å². The van der Waals surface area contributed by atoms with Crippen molar-refractivity contribution in [2.24, 2.45) is 0 Å². The number of nitrogens with one attached hydrogen (secondary N) is 1. The predicted octanol–water partition coefficient (Wildman–Crippen LogP) is 2.13. The number of aromatic nitrogens is 3. The maximum atomic E-state index is 12.0. The van der Waals surface area contributed by atoms with E-state index >= 15 is 0 Å². The summed E-state index contributed by atoms with van der Waals surface area (Å²) in [5.41, 5.74) is 1.62. The molecule has 0 saturated heterocycles. The second-order valence-electron chi connectivity index (χ2n) is 4.86. The Bertz CT molecular complexity index is 649. The van der Waals surface area contributed by atoms with Gasteiger partial charge in [-0.1, -0.05) is 13.0 Å². The standard InChI is InChI=1S/C15H20N4O/c1-4-7-16-13-9-12(3)17-14(18-13)10-19-8-5-6-11(2)15(19)20/h5-6,8-9H,4,7,10H2,1-3H3,(H,16,17,18). The van der Waals surface area contributed by atoms with Crippen LogP contribution in [-0.4, -0.2) is 21.1 Å². The molecule has 5 nitrogen and oxygen atoms in total. The van der Waals surface area contributed by atoms with Crippen molar-refractivity contribution in [1.82, 2.24) is 14.5 Å². The van der Waals surface area contributed by atoms with Crippen LogP contribution >= 0.6 is 0 Å². The van der Waals surface area contributed by atoms with Gasteiger partial charge < -0.3 is 9.88 Å². The van der Waals surface area contributed by atoms with Crippen LogP contribution in [0.4, 0.5) is 5.82 Å². The van der Waals surface area contributed by atoms with Gasteiger partial charge in [0.05, 0.1) is 6.54 Å². The third-order valence-electron chi connectivity index (χ3n) is 2.98. The molecule has 0 unspecified atom stereocenters. The van der Waals surface area contributed by atoms with Crippen molar-refractivity contribution in [2.75, 3.05) is 11.9 Å². The van der Waals surface area contributed by atoms with Crippen LogP contribution in [0.3, 0.4) is 0 Å². The molecule has 2 aromatic heterocycles. The number of pyridine rings is 1. The molecule has 0 radical (unpaired) electrons. The van der Waals surface area contributed by atoms with Crippen molar-refractivity contribution < 1.29 is 0 Å². The summed E-state index contributed by atoms with van der Waals surface area (Å²) in [6, 6.07) is 5.59. The van der Waals surface area contributed by atoms with E-state index in [1.165, 1.54) is 0 Å². The van der Waals surface area contributed by atoms with Gasteiger partial charge in [-0.25, -0.2) is 9.97 Å². The van der Waals surface area contributed by atoms with Crippen LogP contribution in [0.15, 0.2) is 29.2 Å². The lowest BCUT2D eigenvalue weighted by atomic mass is 10.3. The van der Waals surface area contributed by atoms with E-state index in [0.717, 1.165) is 30.0 Å². The molecule has 0 fully saturated rings. The van der Waals surface area contributed by atoms with Gasteiger partial charge in [0.1, 0.15) is 5.82 Å². The number of nitrogens with zero attached hydrogens (tertiary/aromatic N) is 3. The Labute approximate surface area is 118 Å². The summed E-state index contributed by atoms with van der Waals surface area (Å²) in [5.74, 6) is 1.46. The zero-order valence-corrected chi connectivity index (χ0v) is 12.2. The van der Waals surface area contributed by atoms with Gasteiger partial charge in [-0.2, -0.15) is 0 Å². The lowest BCUT2D eigenvalue weighted by molar-refractivity contribution is 0.706. The van der Waals surface area contributed by atoms with Crippen molar-refractivity contribution in [1.29, 1.82) is 0 Å². The Kier molecular flexibility index (Phi) is 4.50. The monoisotopic (exact) mass is 272 g/mol. The van der Waals surface area contributed by atoms with Crippen LogP contribution in [0.25, 0.3) is 0 Å². The highest BCUT2D eigenvalue weighted by Gasteiger charge is 2.05. The van der Waals surface area contributed by atoms with Crippen LogP contribution in [0, 0.1) is 13.8 Å². The third kappa shape index (κ3) is 3.44. The number of rotatable bonds is 5. The minimum absolute atomic E-state index is 0.000624. The fraction of sp³-hybridized carbons (Fsp3) is 0.400. The van der Waals surface area contributed by atoms with E-state index in [2.05, 4.69) is 22.2 Å². The molecule has 0 saturated carbocycles. The molecule has 1 N–H and O–H groups in total. The van der Waals surface area contributed by atoms with Crippen LogP contribution in [-0.2, 0) is 6.54 Å². The number of hydrogen-bond acceptors (Lipinski definition) is 4. The highest BCUT2D eigenvalue weighted by molar-refractivity contribution is 5.35. The van der Waals surface area contributed by atoms with Gasteiger partial charge in [-0.15, -0.1) is 0 Å². The van der Waals surface area contributed by atoms with Crippen molar-refractivity contribution in [3.8, 4) is 0 Å².